The highest BCUT2D eigenvalue weighted by Gasteiger charge is 2.26. The molecular formula is C23H36ClN5O. The predicted molar refractivity (Wildman–Crippen MR) is 124 cm³/mol. The van der Waals surface area contributed by atoms with E-state index in [4.69, 9.17) is 16.6 Å². The van der Waals surface area contributed by atoms with Crippen molar-refractivity contribution in [2.75, 3.05) is 46.3 Å². The zero-order chi connectivity index (χ0) is 21.3. The number of benzene rings is 1. The van der Waals surface area contributed by atoms with Crippen LogP contribution in [0.1, 0.15) is 50.6 Å². The molecule has 166 valence electrons. The van der Waals surface area contributed by atoms with Crippen LogP contribution in [-0.2, 0) is 4.79 Å². The van der Waals surface area contributed by atoms with E-state index >= 15 is 0 Å². The van der Waals surface area contributed by atoms with E-state index in [0.717, 1.165) is 63.1 Å². The van der Waals surface area contributed by atoms with Gasteiger partial charge in [0.25, 0.3) is 0 Å². The predicted octanol–water partition coefficient (Wildman–Crippen LogP) is 3.29. The summed E-state index contributed by atoms with van der Waals surface area (Å²) in [7, 11) is 1.71. The lowest BCUT2D eigenvalue weighted by molar-refractivity contribution is -0.121. The first-order chi connectivity index (χ1) is 14.6. The summed E-state index contributed by atoms with van der Waals surface area (Å²) in [5, 5.41) is 7.01. The van der Waals surface area contributed by atoms with E-state index in [1.54, 1.807) is 7.05 Å². The van der Waals surface area contributed by atoms with Crippen molar-refractivity contribution in [1.29, 1.82) is 0 Å². The van der Waals surface area contributed by atoms with Crippen molar-refractivity contribution in [2.45, 2.75) is 45.1 Å². The van der Waals surface area contributed by atoms with Crippen LogP contribution in [0.25, 0.3) is 0 Å². The van der Waals surface area contributed by atoms with Gasteiger partial charge in [0, 0.05) is 38.1 Å². The Morgan fingerprint density at radius 3 is 2.60 bits per heavy atom. The highest BCUT2D eigenvalue weighted by molar-refractivity contribution is 6.30. The molecule has 2 aliphatic rings. The summed E-state index contributed by atoms with van der Waals surface area (Å²) < 4.78 is 0. The van der Waals surface area contributed by atoms with Gasteiger partial charge in [0.1, 0.15) is 0 Å². The van der Waals surface area contributed by atoms with Crippen molar-refractivity contribution in [1.82, 2.24) is 20.4 Å². The number of aliphatic imine (C=N–C) groups is 1. The second-order valence-electron chi connectivity index (χ2n) is 8.32. The number of carbonyl (C=O) groups is 1. The fourth-order valence-electron chi connectivity index (χ4n) is 4.51. The smallest absolute Gasteiger partial charge is 0.220 e. The zero-order valence-electron chi connectivity index (χ0n) is 18.4. The molecule has 2 N–H and O–H groups in total. The van der Waals surface area contributed by atoms with Crippen LogP contribution in [0.3, 0.4) is 0 Å². The summed E-state index contributed by atoms with van der Waals surface area (Å²) in [5.74, 6) is 1.60. The fourth-order valence-corrected chi connectivity index (χ4v) is 4.71. The van der Waals surface area contributed by atoms with Crippen LogP contribution in [0.4, 0.5) is 0 Å². The lowest BCUT2D eigenvalue weighted by Crippen LogP contribution is -2.46. The molecule has 7 heteroatoms. The summed E-state index contributed by atoms with van der Waals surface area (Å²) in [6, 6.07) is 8.47. The summed E-state index contributed by atoms with van der Waals surface area (Å²) in [4.78, 5) is 21.6. The number of piperidine rings is 1. The molecule has 0 aromatic heterocycles. The molecule has 1 atom stereocenters. The quantitative estimate of drug-likeness (QED) is 0.511. The Morgan fingerprint density at radius 1 is 1.23 bits per heavy atom. The number of nitrogens with one attached hydrogen (secondary N) is 2. The van der Waals surface area contributed by atoms with E-state index in [1.807, 2.05) is 12.1 Å². The first kappa shape index (κ1) is 22.9. The van der Waals surface area contributed by atoms with Crippen molar-refractivity contribution in [3.05, 3.63) is 34.9 Å². The summed E-state index contributed by atoms with van der Waals surface area (Å²) in [6.07, 6.45) is 5.19. The Hall–Kier alpha value is -1.79. The average molecular weight is 434 g/mol. The Labute approximate surface area is 186 Å². The first-order valence-electron chi connectivity index (χ1n) is 11.3. The molecule has 1 amide bonds. The normalized spacial score (nSPS) is 19.7. The number of amides is 1. The molecule has 1 aromatic rings. The molecule has 0 bridgehead atoms. The SMILES string of the molecule is CCNC(=NCC(c1cccc(Cl)c1)N1CCCC1)N1CCC(CC(=O)NC)CC1. The summed E-state index contributed by atoms with van der Waals surface area (Å²) >= 11 is 6.29. The molecular weight excluding hydrogens is 398 g/mol. The third-order valence-corrected chi connectivity index (χ3v) is 6.47. The van der Waals surface area contributed by atoms with Crippen molar-refractivity contribution in [2.24, 2.45) is 10.9 Å². The van der Waals surface area contributed by atoms with Gasteiger partial charge in [-0.05, 0) is 69.3 Å². The minimum absolute atomic E-state index is 0.143. The second-order valence-corrected chi connectivity index (χ2v) is 8.75. The molecule has 3 rings (SSSR count). The second kappa shape index (κ2) is 11.6. The number of guanidine groups is 1. The number of rotatable bonds is 7. The van der Waals surface area contributed by atoms with Gasteiger partial charge in [0.15, 0.2) is 5.96 Å². The van der Waals surface area contributed by atoms with Gasteiger partial charge >= 0.3 is 0 Å². The summed E-state index contributed by atoms with van der Waals surface area (Å²) in [5.41, 5.74) is 1.24. The molecule has 2 heterocycles. The highest BCUT2D eigenvalue weighted by Crippen LogP contribution is 2.27. The Balaban J connectivity index is 1.68. The van der Waals surface area contributed by atoms with Crippen LogP contribution < -0.4 is 10.6 Å². The van der Waals surface area contributed by atoms with E-state index in [9.17, 15) is 4.79 Å². The van der Waals surface area contributed by atoms with Crippen LogP contribution in [-0.4, -0.2) is 68.0 Å². The molecule has 0 saturated carbocycles. The highest BCUT2D eigenvalue weighted by atomic mass is 35.5. The standard InChI is InChI=1S/C23H36ClN5O/c1-3-26-23(29-13-9-18(10-14-29)15-22(30)25-2)27-17-21(28-11-4-5-12-28)19-7-6-8-20(24)16-19/h6-8,16,18,21H,3-5,9-15,17H2,1-2H3,(H,25,30)(H,26,27). The van der Waals surface area contributed by atoms with Gasteiger partial charge in [-0.3, -0.25) is 14.7 Å². The van der Waals surface area contributed by atoms with Crippen molar-refractivity contribution in [3.63, 3.8) is 0 Å². The lowest BCUT2D eigenvalue weighted by atomic mass is 9.93. The van der Waals surface area contributed by atoms with Crippen LogP contribution in [0.15, 0.2) is 29.3 Å². The van der Waals surface area contributed by atoms with E-state index < -0.39 is 0 Å². The largest absolute Gasteiger partial charge is 0.359 e. The van der Waals surface area contributed by atoms with Crippen LogP contribution >= 0.6 is 11.6 Å². The molecule has 2 aliphatic heterocycles. The topological polar surface area (TPSA) is 60.0 Å². The molecule has 30 heavy (non-hydrogen) atoms. The minimum atomic E-state index is 0.143. The maximum atomic E-state index is 11.7. The van der Waals surface area contributed by atoms with Crippen LogP contribution in [0, 0.1) is 5.92 Å². The monoisotopic (exact) mass is 433 g/mol. The molecule has 2 fully saturated rings. The number of likely N-dealkylation sites (tertiary alicyclic amines) is 2. The number of nitrogens with zero attached hydrogens (tertiary/aromatic N) is 3. The van der Waals surface area contributed by atoms with E-state index in [-0.39, 0.29) is 11.9 Å². The van der Waals surface area contributed by atoms with E-state index in [1.165, 1.54) is 18.4 Å². The molecule has 2 saturated heterocycles. The lowest BCUT2D eigenvalue weighted by Gasteiger charge is -2.34. The van der Waals surface area contributed by atoms with E-state index in [0.29, 0.717) is 12.3 Å². The van der Waals surface area contributed by atoms with Crippen LogP contribution in [0.5, 0.6) is 0 Å². The Bertz CT molecular complexity index is 711. The average Bonchev–Trinajstić information content (AvgIpc) is 3.28. The molecule has 0 aliphatic carbocycles. The van der Waals surface area contributed by atoms with Gasteiger partial charge in [-0.2, -0.15) is 0 Å². The van der Waals surface area contributed by atoms with Crippen LogP contribution in [0.2, 0.25) is 5.02 Å². The third kappa shape index (κ3) is 6.35. The van der Waals surface area contributed by atoms with Crippen molar-refractivity contribution in [3.8, 4) is 0 Å². The molecule has 0 spiro atoms. The van der Waals surface area contributed by atoms with Gasteiger partial charge in [-0.25, -0.2) is 0 Å². The van der Waals surface area contributed by atoms with E-state index in [2.05, 4.69) is 39.5 Å². The molecule has 1 unspecified atom stereocenters. The zero-order valence-corrected chi connectivity index (χ0v) is 19.1. The van der Waals surface area contributed by atoms with Crippen molar-refractivity contribution < 1.29 is 4.79 Å². The maximum absolute atomic E-state index is 11.7. The molecule has 6 nitrogen and oxygen atoms in total. The van der Waals surface area contributed by atoms with Gasteiger partial charge in [0.2, 0.25) is 5.91 Å². The first-order valence-corrected chi connectivity index (χ1v) is 11.7. The van der Waals surface area contributed by atoms with Gasteiger partial charge in [-0.1, -0.05) is 23.7 Å². The third-order valence-electron chi connectivity index (χ3n) is 6.23. The number of hydrogen-bond donors (Lipinski definition) is 2. The van der Waals surface area contributed by atoms with Gasteiger partial charge in [-0.15, -0.1) is 0 Å². The Morgan fingerprint density at radius 2 is 1.97 bits per heavy atom. The summed E-state index contributed by atoms with van der Waals surface area (Å²) in [6.45, 7) is 7.81. The number of halogens is 1. The number of carbonyl (C=O) groups excluding carboxylic acids is 1. The molecule has 1 aromatic carbocycles. The maximum Gasteiger partial charge on any atom is 0.220 e. The van der Waals surface area contributed by atoms with Gasteiger partial charge in [0.05, 0.1) is 12.6 Å². The fraction of sp³-hybridized carbons (Fsp3) is 0.652. The van der Waals surface area contributed by atoms with Gasteiger partial charge < -0.3 is 15.5 Å². The Kier molecular flexibility index (Phi) is 8.82. The van der Waals surface area contributed by atoms with Crippen molar-refractivity contribution >= 4 is 23.5 Å². The number of hydrogen-bond acceptors (Lipinski definition) is 3. The molecule has 0 radical (unpaired) electrons. The minimum Gasteiger partial charge on any atom is -0.359 e.